The quantitative estimate of drug-likeness (QED) is 0.875. The molecule has 1 N–H and O–H groups in total. The normalized spacial score (nSPS) is 19.4. The van der Waals surface area contributed by atoms with E-state index in [0.29, 0.717) is 19.4 Å². The van der Waals surface area contributed by atoms with Crippen LogP contribution < -0.4 is 0 Å². The van der Waals surface area contributed by atoms with Crippen LogP contribution >= 0.6 is 11.3 Å². The summed E-state index contributed by atoms with van der Waals surface area (Å²) < 4.78 is 25.5. The first kappa shape index (κ1) is 16.9. The largest absolute Gasteiger partial charge is 0.481 e. The summed E-state index contributed by atoms with van der Waals surface area (Å²) in [7, 11) is -0.887. The Hall–Kier alpha value is -1.45. The van der Waals surface area contributed by atoms with Crippen molar-refractivity contribution < 1.29 is 23.1 Å². The summed E-state index contributed by atoms with van der Waals surface area (Å²) in [5, 5.41) is 10.6. The first-order valence-corrected chi connectivity index (χ1v) is 9.09. The molecule has 1 unspecified atom stereocenters. The van der Waals surface area contributed by atoms with Gasteiger partial charge in [0, 0.05) is 27.2 Å². The lowest BCUT2D eigenvalue weighted by Gasteiger charge is -2.30. The third kappa shape index (κ3) is 3.16. The van der Waals surface area contributed by atoms with Gasteiger partial charge in [-0.25, -0.2) is 12.7 Å². The summed E-state index contributed by atoms with van der Waals surface area (Å²) in [6.45, 7) is 0.565. The number of carbonyl (C=O) groups excluding carboxylic acids is 1. The average molecular weight is 346 g/mol. The molecule has 22 heavy (non-hydrogen) atoms. The molecule has 0 aromatic carbocycles. The Morgan fingerprint density at radius 1 is 1.41 bits per heavy atom. The van der Waals surface area contributed by atoms with Crippen LogP contribution in [0.1, 0.15) is 22.5 Å². The van der Waals surface area contributed by atoms with Crippen LogP contribution in [0, 0.1) is 5.92 Å². The molecule has 1 aromatic heterocycles. The number of carboxylic acids is 1. The van der Waals surface area contributed by atoms with E-state index < -0.39 is 27.8 Å². The number of carboxylic acid groups (broad SMARTS) is 1. The lowest BCUT2D eigenvalue weighted by atomic mass is 9.98. The Bertz CT molecular complexity index is 680. The zero-order chi connectivity index (χ0) is 16.5. The van der Waals surface area contributed by atoms with Crippen LogP contribution in [0.5, 0.6) is 0 Å². The van der Waals surface area contributed by atoms with E-state index >= 15 is 0 Å². The molecule has 0 saturated carbocycles. The highest BCUT2D eigenvalue weighted by molar-refractivity contribution is 7.89. The third-order valence-corrected chi connectivity index (χ3v) is 6.53. The minimum atomic E-state index is -3.70. The number of thiophene rings is 1. The second-order valence-electron chi connectivity index (χ2n) is 5.33. The molecule has 1 atom stereocenters. The molecule has 2 heterocycles. The van der Waals surface area contributed by atoms with E-state index in [-0.39, 0.29) is 16.3 Å². The standard InChI is InChI=1S/C13H18N2O5S2/c1-14(2)22(19,20)10-5-7-21-11(10)12(16)15-6-3-4-9(8-15)13(17)18/h5,7,9H,3-4,6,8H2,1-2H3,(H,17,18). The van der Waals surface area contributed by atoms with E-state index in [2.05, 4.69) is 0 Å². The lowest BCUT2D eigenvalue weighted by molar-refractivity contribution is -0.143. The molecule has 122 valence electrons. The highest BCUT2D eigenvalue weighted by Gasteiger charge is 2.32. The van der Waals surface area contributed by atoms with Crippen molar-refractivity contribution in [2.75, 3.05) is 27.2 Å². The highest BCUT2D eigenvalue weighted by Crippen LogP contribution is 2.27. The molecule has 1 aromatic rings. The molecule has 9 heteroatoms. The highest BCUT2D eigenvalue weighted by atomic mass is 32.2. The van der Waals surface area contributed by atoms with Crippen LogP contribution in [0.25, 0.3) is 0 Å². The summed E-state index contributed by atoms with van der Waals surface area (Å²) in [5.74, 6) is -1.93. The van der Waals surface area contributed by atoms with Gasteiger partial charge in [-0.1, -0.05) is 0 Å². The number of hydrogen-bond acceptors (Lipinski definition) is 5. The molecular weight excluding hydrogens is 328 g/mol. The molecule has 1 aliphatic rings. The van der Waals surface area contributed by atoms with Crippen LogP contribution in [0.3, 0.4) is 0 Å². The molecule has 1 fully saturated rings. The number of piperidine rings is 1. The van der Waals surface area contributed by atoms with Gasteiger partial charge < -0.3 is 10.0 Å². The second-order valence-corrected chi connectivity index (χ2v) is 8.37. The Balaban J connectivity index is 2.28. The van der Waals surface area contributed by atoms with Crippen LogP contribution in [0.2, 0.25) is 0 Å². The number of sulfonamides is 1. The molecule has 2 rings (SSSR count). The number of likely N-dealkylation sites (tertiary alicyclic amines) is 1. The topological polar surface area (TPSA) is 95.0 Å². The average Bonchev–Trinajstić information content (AvgIpc) is 2.96. The minimum absolute atomic E-state index is 0.0232. The van der Waals surface area contributed by atoms with Crippen molar-refractivity contribution in [3.63, 3.8) is 0 Å². The van der Waals surface area contributed by atoms with Gasteiger partial charge in [0.15, 0.2) is 0 Å². The monoisotopic (exact) mass is 346 g/mol. The Kier molecular flexibility index (Phi) is 4.88. The summed E-state index contributed by atoms with van der Waals surface area (Å²) >= 11 is 1.06. The van der Waals surface area contributed by atoms with Crippen LogP contribution in [0.4, 0.5) is 0 Å². The number of carbonyl (C=O) groups is 2. The molecule has 1 amide bonds. The van der Waals surface area contributed by atoms with Crippen molar-refractivity contribution in [1.29, 1.82) is 0 Å². The third-order valence-electron chi connectivity index (χ3n) is 3.64. The molecule has 1 saturated heterocycles. The summed E-state index contributed by atoms with van der Waals surface area (Å²) in [6.07, 6.45) is 1.14. The van der Waals surface area contributed by atoms with Crippen molar-refractivity contribution in [2.24, 2.45) is 5.92 Å². The Morgan fingerprint density at radius 2 is 2.09 bits per heavy atom. The zero-order valence-electron chi connectivity index (χ0n) is 12.4. The van der Waals surface area contributed by atoms with E-state index in [9.17, 15) is 18.0 Å². The maximum absolute atomic E-state index is 12.6. The number of hydrogen-bond donors (Lipinski definition) is 1. The molecule has 0 radical (unpaired) electrons. The predicted octanol–water partition coefficient (Wildman–Crippen LogP) is 0.935. The van der Waals surface area contributed by atoms with Crippen LogP contribution in [-0.2, 0) is 14.8 Å². The van der Waals surface area contributed by atoms with Gasteiger partial charge in [-0.15, -0.1) is 11.3 Å². The summed E-state index contributed by atoms with van der Waals surface area (Å²) in [5.41, 5.74) is 0. The van der Waals surface area contributed by atoms with Crippen LogP contribution in [-0.4, -0.2) is 61.8 Å². The number of amides is 1. The molecule has 0 spiro atoms. The lowest BCUT2D eigenvalue weighted by Crippen LogP contribution is -2.42. The fourth-order valence-corrected chi connectivity index (χ4v) is 4.62. The smallest absolute Gasteiger partial charge is 0.308 e. The Labute approximate surface area is 133 Å². The van der Waals surface area contributed by atoms with E-state index in [1.807, 2.05) is 0 Å². The maximum atomic E-state index is 12.6. The Morgan fingerprint density at radius 3 is 2.68 bits per heavy atom. The van der Waals surface area contributed by atoms with Gasteiger partial charge in [0.05, 0.1) is 5.92 Å². The van der Waals surface area contributed by atoms with Crippen molar-refractivity contribution in [1.82, 2.24) is 9.21 Å². The van der Waals surface area contributed by atoms with Crippen molar-refractivity contribution in [2.45, 2.75) is 17.7 Å². The first-order chi connectivity index (χ1) is 10.2. The number of rotatable bonds is 4. The second kappa shape index (κ2) is 6.35. The van der Waals surface area contributed by atoms with Crippen LogP contribution in [0.15, 0.2) is 16.3 Å². The van der Waals surface area contributed by atoms with Gasteiger partial charge in [0.25, 0.3) is 5.91 Å². The van der Waals surface area contributed by atoms with Gasteiger partial charge in [-0.3, -0.25) is 9.59 Å². The van der Waals surface area contributed by atoms with Gasteiger partial charge in [0.2, 0.25) is 10.0 Å². The van der Waals surface area contributed by atoms with Gasteiger partial charge in [0.1, 0.15) is 9.77 Å². The molecule has 7 nitrogen and oxygen atoms in total. The molecular formula is C13H18N2O5S2. The van der Waals surface area contributed by atoms with Crippen molar-refractivity contribution >= 4 is 33.2 Å². The number of aliphatic carboxylic acids is 1. The van der Waals surface area contributed by atoms with Gasteiger partial charge in [-0.05, 0) is 24.3 Å². The maximum Gasteiger partial charge on any atom is 0.308 e. The fraction of sp³-hybridized carbons (Fsp3) is 0.538. The summed E-state index contributed by atoms with van der Waals surface area (Å²) in [6, 6.07) is 1.41. The van der Waals surface area contributed by atoms with Gasteiger partial charge in [-0.2, -0.15) is 0 Å². The zero-order valence-corrected chi connectivity index (χ0v) is 14.0. The van der Waals surface area contributed by atoms with Crippen molar-refractivity contribution in [3.05, 3.63) is 16.3 Å². The minimum Gasteiger partial charge on any atom is -0.481 e. The van der Waals surface area contributed by atoms with E-state index in [1.54, 1.807) is 5.38 Å². The van der Waals surface area contributed by atoms with E-state index in [0.717, 1.165) is 15.6 Å². The van der Waals surface area contributed by atoms with Crippen molar-refractivity contribution in [3.8, 4) is 0 Å². The van der Waals surface area contributed by atoms with E-state index in [1.165, 1.54) is 25.1 Å². The predicted molar refractivity (Wildman–Crippen MR) is 81.5 cm³/mol. The number of nitrogens with zero attached hydrogens (tertiary/aromatic N) is 2. The molecule has 0 bridgehead atoms. The SMILES string of the molecule is CN(C)S(=O)(=O)c1ccsc1C(=O)N1CCCC(C(=O)O)C1. The first-order valence-electron chi connectivity index (χ1n) is 6.77. The summed E-state index contributed by atoms with van der Waals surface area (Å²) in [4.78, 5) is 25.2. The van der Waals surface area contributed by atoms with Gasteiger partial charge >= 0.3 is 5.97 Å². The van der Waals surface area contributed by atoms with E-state index in [4.69, 9.17) is 5.11 Å². The molecule has 0 aliphatic carbocycles. The fourth-order valence-electron chi connectivity index (χ4n) is 2.36. The molecule has 1 aliphatic heterocycles.